The summed E-state index contributed by atoms with van der Waals surface area (Å²) in [6.45, 7) is 3.31. The Kier molecular flexibility index (Phi) is 6.16. The lowest BCUT2D eigenvalue weighted by Crippen LogP contribution is -2.07. The summed E-state index contributed by atoms with van der Waals surface area (Å²) >= 11 is 6.12. The van der Waals surface area contributed by atoms with Crippen molar-refractivity contribution in [3.05, 3.63) is 87.0 Å². The molecule has 0 bridgehead atoms. The van der Waals surface area contributed by atoms with Gasteiger partial charge in [0.15, 0.2) is 11.5 Å². The van der Waals surface area contributed by atoms with E-state index in [4.69, 9.17) is 30.2 Å². The highest BCUT2D eigenvalue weighted by atomic mass is 35.5. The molecule has 0 saturated heterocycles. The van der Waals surface area contributed by atoms with E-state index in [-0.39, 0.29) is 12.0 Å². The summed E-state index contributed by atoms with van der Waals surface area (Å²) in [5.74, 6) is 1.47. The average molecular weight is 481 g/mol. The van der Waals surface area contributed by atoms with Gasteiger partial charge in [0.05, 0.1) is 29.2 Å². The molecule has 0 amide bonds. The van der Waals surface area contributed by atoms with Gasteiger partial charge in [-0.05, 0) is 47.9 Å². The second-order valence-electron chi connectivity index (χ2n) is 8.02. The molecule has 34 heavy (non-hydrogen) atoms. The van der Waals surface area contributed by atoms with E-state index in [0.29, 0.717) is 69.6 Å². The van der Waals surface area contributed by atoms with Gasteiger partial charge in [-0.25, -0.2) is 4.39 Å². The molecule has 3 aromatic carbocycles. The minimum atomic E-state index is -0.403. The van der Waals surface area contributed by atoms with Crippen molar-refractivity contribution in [3.8, 4) is 28.4 Å². The van der Waals surface area contributed by atoms with Gasteiger partial charge in [0.2, 0.25) is 5.43 Å². The van der Waals surface area contributed by atoms with Crippen molar-refractivity contribution >= 4 is 22.6 Å². The number of aryl methyl sites for hydroxylation is 1. The molecule has 0 atom stereocenters. The van der Waals surface area contributed by atoms with Gasteiger partial charge in [-0.15, -0.1) is 0 Å². The van der Waals surface area contributed by atoms with E-state index in [1.807, 2.05) is 25.1 Å². The molecule has 0 spiro atoms. The average Bonchev–Trinajstić information content (AvgIpc) is 3.08. The first-order valence-corrected chi connectivity index (χ1v) is 11.5. The van der Waals surface area contributed by atoms with Crippen LogP contribution in [0.4, 0.5) is 4.39 Å². The van der Waals surface area contributed by atoms with Crippen molar-refractivity contribution in [2.45, 2.75) is 26.4 Å². The lowest BCUT2D eigenvalue weighted by atomic mass is 10.0. The fourth-order valence-electron chi connectivity index (χ4n) is 3.94. The minimum Gasteiger partial charge on any atom is -0.490 e. The molecule has 4 aromatic rings. The summed E-state index contributed by atoms with van der Waals surface area (Å²) in [6, 6.07) is 13.1. The van der Waals surface area contributed by atoms with Crippen molar-refractivity contribution in [2.24, 2.45) is 0 Å². The summed E-state index contributed by atoms with van der Waals surface area (Å²) in [6.07, 6.45) is 2.91. The van der Waals surface area contributed by atoms with Crippen molar-refractivity contribution in [1.29, 1.82) is 0 Å². The van der Waals surface area contributed by atoms with Crippen molar-refractivity contribution < 1.29 is 23.0 Å². The van der Waals surface area contributed by atoms with Gasteiger partial charge >= 0.3 is 0 Å². The quantitative estimate of drug-likeness (QED) is 0.324. The highest BCUT2D eigenvalue weighted by Gasteiger charge is 2.17. The Morgan fingerprint density at radius 2 is 1.82 bits per heavy atom. The topological polar surface area (TPSA) is 57.9 Å². The first-order valence-electron chi connectivity index (χ1n) is 11.1. The van der Waals surface area contributed by atoms with E-state index in [1.54, 1.807) is 18.2 Å². The van der Waals surface area contributed by atoms with Gasteiger partial charge in [-0.2, -0.15) is 0 Å². The molecular formula is C27H22ClFO5. The molecule has 0 saturated carbocycles. The van der Waals surface area contributed by atoms with E-state index >= 15 is 0 Å². The Balaban J connectivity index is 1.49. The predicted octanol–water partition coefficient (Wildman–Crippen LogP) is 6.56. The van der Waals surface area contributed by atoms with Crippen LogP contribution in [0.2, 0.25) is 5.02 Å². The molecule has 7 heteroatoms. The van der Waals surface area contributed by atoms with E-state index in [9.17, 15) is 9.18 Å². The summed E-state index contributed by atoms with van der Waals surface area (Å²) in [7, 11) is 0. The van der Waals surface area contributed by atoms with Crippen LogP contribution in [0, 0.1) is 5.82 Å². The zero-order chi connectivity index (χ0) is 23.7. The van der Waals surface area contributed by atoms with Crippen molar-refractivity contribution in [2.75, 3.05) is 13.2 Å². The minimum absolute atomic E-state index is 0.140. The Hall–Kier alpha value is -3.51. The Labute approximate surface area is 200 Å². The van der Waals surface area contributed by atoms with Gasteiger partial charge in [0.1, 0.15) is 30.0 Å². The van der Waals surface area contributed by atoms with Crippen LogP contribution in [0.25, 0.3) is 22.1 Å². The maximum absolute atomic E-state index is 13.4. The number of ether oxygens (including phenoxy) is 3. The Morgan fingerprint density at radius 3 is 2.62 bits per heavy atom. The normalized spacial score (nSPS) is 13.0. The lowest BCUT2D eigenvalue weighted by Gasteiger charge is -2.13. The molecule has 2 heterocycles. The third-order valence-corrected chi connectivity index (χ3v) is 6.15. The van der Waals surface area contributed by atoms with Gasteiger partial charge < -0.3 is 18.6 Å². The lowest BCUT2D eigenvalue weighted by molar-refractivity contribution is 0.297. The monoisotopic (exact) mass is 480 g/mol. The first kappa shape index (κ1) is 22.3. The third kappa shape index (κ3) is 4.33. The van der Waals surface area contributed by atoms with Crippen LogP contribution in [0.5, 0.6) is 17.2 Å². The number of fused-ring (bicyclic) bond motifs is 2. The number of hydrogen-bond donors (Lipinski definition) is 0. The second-order valence-corrected chi connectivity index (χ2v) is 8.43. The highest BCUT2D eigenvalue weighted by Crippen LogP contribution is 2.34. The van der Waals surface area contributed by atoms with Gasteiger partial charge in [0, 0.05) is 18.1 Å². The van der Waals surface area contributed by atoms with Crippen molar-refractivity contribution in [3.63, 3.8) is 0 Å². The van der Waals surface area contributed by atoms with Gasteiger partial charge in [-0.3, -0.25) is 4.79 Å². The molecule has 5 nitrogen and oxygen atoms in total. The zero-order valence-corrected chi connectivity index (χ0v) is 19.3. The summed E-state index contributed by atoms with van der Waals surface area (Å²) < 4.78 is 36.6. The molecule has 0 radical (unpaired) electrons. The standard InChI is InChI=1S/C27H22ClFO5/c1-2-16-10-20-25(13-24(16)33-14-18-4-6-19(29)12-22(18)28)34-15-21(27(20)30)17-5-7-23-26(11-17)32-9-3-8-31-23/h4-7,10-13,15H,2-3,8-9,14H2,1H3. The van der Waals surface area contributed by atoms with E-state index in [0.717, 1.165) is 12.0 Å². The van der Waals surface area contributed by atoms with Gasteiger partial charge in [0.25, 0.3) is 0 Å². The molecule has 174 valence electrons. The van der Waals surface area contributed by atoms with Gasteiger partial charge in [-0.1, -0.05) is 30.7 Å². The molecule has 0 N–H and O–H groups in total. The first-order chi connectivity index (χ1) is 16.5. The van der Waals surface area contributed by atoms with Crippen LogP contribution in [0.1, 0.15) is 24.5 Å². The summed E-state index contributed by atoms with van der Waals surface area (Å²) in [5, 5.41) is 0.763. The van der Waals surface area contributed by atoms with E-state index in [2.05, 4.69) is 0 Å². The molecule has 1 aliphatic rings. The Bertz CT molecular complexity index is 1430. The van der Waals surface area contributed by atoms with Crippen LogP contribution < -0.4 is 19.6 Å². The summed E-state index contributed by atoms with van der Waals surface area (Å²) in [5.41, 5.74) is 2.94. The van der Waals surface area contributed by atoms with Crippen molar-refractivity contribution in [1.82, 2.24) is 0 Å². The zero-order valence-electron chi connectivity index (χ0n) is 18.5. The maximum atomic E-state index is 13.4. The van der Waals surface area contributed by atoms with Crippen LogP contribution >= 0.6 is 11.6 Å². The van der Waals surface area contributed by atoms with Crippen LogP contribution in [-0.4, -0.2) is 13.2 Å². The smallest absolute Gasteiger partial charge is 0.200 e. The molecular weight excluding hydrogens is 459 g/mol. The fraction of sp³-hybridized carbons (Fsp3) is 0.222. The van der Waals surface area contributed by atoms with Crippen LogP contribution in [0.15, 0.2) is 64.0 Å². The molecule has 0 unspecified atom stereocenters. The summed E-state index contributed by atoms with van der Waals surface area (Å²) in [4.78, 5) is 13.4. The van der Waals surface area contributed by atoms with Crippen LogP contribution in [-0.2, 0) is 13.0 Å². The van der Waals surface area contributed by atoms with E-state index < -0.39 is 5.82 Å². The predicted molar refractivity (Wildman–Crippen MR) is 129 cm³/mol. The Morgan fingerprint density at radius 1 is 1.00 bits per heavy atom. The maximum Gasteiger partial charge on any atom is 0.200 e. The molecule has 1 aromatic heterocycles. The number of benzene rings is 3. The number of hydrogen-bond acceptors (Lipinski definition) is 5. The number of rotatable bonds is 5. The molecule has 0 aliphatic carbocycles. The molecule has 1 aliphatic heterocycles. The molecule has 0 fully saturated rings. The SMILES string of the molecule is CCc1cc2c(=O)c(-c3ccc4c(c3)OCCCO4)coc2cc1OCc1ccc(F)cc1Cl. The van der Waals surface area contributed by atoms with Crippen LogP contribution in [0.3, 0.4) is 0 Å². The number of halogens is 2. The van der Waals surface area contributed by atoms with E-state index in [1.165, 1.54) is 18.4 Å². The highest BCUT2D eigenvalue weighted by molar-refractivity contribution is 6.31. The second kappa shape index (κ2) is 9.39. The fourth-order valence-corrected chi connectivity index (χ4v) is 4.16. The largest absolute Gasteiger partial charge is 0.490 e. The third-order valence-electron chi connectivity index (χ3n) is 5.79. The molecule has 5 rings (SSSR count).